The van der Waals surface area contributed by atoms with Crippen molar-refractivity contribution in [2.24, 2.45) is 5.92 Å². The maximum Gasteiger partial charge on any atom is 0.445 e. The van der Waals surface area contributed by atoms with Crippen molar-refractivity contribution >= 4 is 23.4 Å². The zero-order valence-electron chi connectivity index (χ0n) is 10.9. The quantitative estimate of drug-likeness (QED) is 0.718. The van der Waals surface area contributed by atoms with E-state index in [1.165, 1.54) is 12.1 Å². The summed E-state index contributed by atoms with van der Waals surface area (Å²) < 4.78 is 45.4. The fourth-order valence-electron chi connectivity index (χ4n) is 2.15. The summed E-state index contributed by atoms with van der Waals surface area (Å²) >= 11 is 5.76. The summed E-state index contributed by atoms with van der Waals surface area (Å²) in [4.78, 5) is 11.5. The Morgan fingerprint density at radius 3 is 2.73 bits per heavy atom. The van der Waals surface area contributed by atoms with E-state index in [4.69, 9.17) is 11.6 Å². The number of ether oxygens (including phenoxy) is 1. The molecule has 1 aliphatic carbocycles. The van der Waals surface area contributed by atoms with Crippen molar-refractivity contribution in [3.63, 3.8) is 0 Å². The lowest BCUT2D eigenvalue weighted by molar-refractivity contribution is -0.239. The third-order valence-corrected chi connectivity index (χ3v) is 3.67. The lowest BCUT2D eigenvalue weighted by atomic mass is 9.90. The van der Waals surface area contributed by atoms with E-state index >= 15 is 0 Å². The third kappa shape index (κ3) is 2.38. The number of aliphatic hydroxyl groups is 1. The summed E-state index contributed by atoms with van der Waals surface area (Å²) in [5.41, 5.74) is -3.55. The van der Waals surface area contributed by atoms with Gasteiger partial charge >= 0.3 is 12.3 Å². The number of cyclic esters (lactones) is 1. The van der Waals surface area contributed by atoms with Crippen molar-refractivity contribution in [3.05, 3.63) is 28.8 Å². The molecule has 4 nitrogen and oxygen atoms in total. The van der Waals surface area contributed by atoms with E-state index in [0.29, 0.717) is 6.42 Å². The fourth-order valence-corrected chi connectivity index (χ4v) is 2.32. The Bertz CT molecular complexity index is 710. The number of hydrogen-bond donors (Lipinski definition) is 2. The molecule has 0 radical (unpaired) electrons. The average Bonchev–Trinajstić information content (AvgIpc) is 3.11. The lowest BCUT2D eigenvalue weighted by Crippen LogP contribution is -2.49. The van der Waals surface area contributed by atoms with Gasteiger partial charge in [-0.1, -0.05) is 17.5 Å². The molecule has 0 bridgehead atoms. The molecule has 3 atom stereocenters. The number of carbonyl (C=O) groups is 1. The molecule has 1 fully saturated rings. The first kappa shape index (κ1) is 15.0. The number of benzene rings is 1. The Balaban J connectivity index is 2.18. The van der Waals surface area contributed by atoms with Crippen molar-refractivity contribution in [2.45, 2.75) is 24.3 Å². The van der Waals surface area contributed by atoms with Gasteiger partial charge in [-0.15, -0.1) is 0 Å². The number of carbonyl (C=O) groups excluding carboxylic acids is 1. The molecular formula is C14H9ClF3NO3. The molecule has 0 aromatic heterocycles. The van der Waals surface area contributed by atoms with Crippen molar-refractivity contribution < 1.29 is 27.8 Å². The lowest BCUT2D eigenvalue weighted by Gasteiger charge is -2.35. The molecule has 3 rings (SSSR count). The zero-order valence-corrected chi connectivity index (χ0v) is 11.6. The molecule has 1 amide bonds. The summed E-state index contributed by atoms with van der Waals surface area (Å²) in [6, 6.07) is 3.67. The summed E-state index contributed by atoms with van der Waals surface area (Å²) in [5.74, 6) is 3.79. The van der Waals surface area contributed by atoms with Crippen LogP contribution in [0, 0.1) is 17.8 Å². The van der Waals surface area contributed by atoms with Crippen molar-refractivity contribution in [1.82, 2.24) is 0 Å². The molecule has 0 spiro atoms. The number of alkyl halides is 3. The van der Waals surface area contributed by atoms with Gasteiger partial charge in [-0.05, 0) is 30.5 Å². The Labute approximate surface area is 128 Å². The number of nitrogens with one attached hydrogen (secondary N) is 1. The van der Waals surface area contributed by atoms with Gasteiger partial charge < -0.3 is 9.84 Å². The van der Waals surface area contributed by atoms with Gasteiger partial charge in [-0.25, -0.2) is 4.79 Å². The third-order valence-electron chi connectivity index (χ3n) is 3.43. The Kier molecular flexibility index (Phi) is 3.27. The average molecular weight is 332 g/mol. The molecule has 2 N–H and O–H groups in total. The van der Waals surface area contributed by atoms with Crippen molar-refractivity contribution in [3.8, 4) is 11.8 Å². The van der Waals surface area contributed by atoms with E-state index in [1.807, 2.05) is 5.92 Å². The second kappa shape index (κ2) is 4.80. The molecule has 2 aliphatic rings. The Morgan fingerprint density at radius 1 is 1.45 bits per heavy atom. The minimum absolute atomic E-state index is 0.0559. The number of rotatable bonds is 0. The molecule has 2 unspecified atom stereocenters. The molecule has 8 heteroatoms. The molecule has 1 saturated carbocycles. The minimum atomic E-state index is -4.96. The standard InChI is InChI=1S/C14H9ClF3NO3/c15-8-1-2-10-9(6-8)13(14(16,17)18,22-12(21)19-10)4-3-7-5-11(7)20/h1-2,6-7,11,20H,5H2,(H,19,21)/t7?,11?,13-/m0/s1. The van der Waals surface area contributed by atoms with Gasteiger partial charge in [0.05, 0.1) is 11.8 Å². The van der Waals surface area contributed by atoms with Crippen LogP contribution in [0.2, 0.25) is 5.02 Å². The number of hydrogen-bond acceptors (Lipinski definition) is 3. The van der Waals surface area contributed by atoms with E-state index in [0.717, 1.165) is 6.07 Å². The van der Waals surface area contributed by atoms with E-state index in [1.54, 1.807) is 0 Å². The first-order valence-electron chi connectivity index (χ1n) is 6.30. The summed E-state index contributed by atoms with van der Waals surface area (Å²) in [7, 11) is 0. The molecule has 1 aliphatic heterocycles. The van der Waals surface area contributed by atoms with Gasteiger partial charge in [0.25, 0.3) is 5.60 Å². The monoisotopic (exact) mass is 331 g/mol. The number of fused-ring (bicyclic) bond motifs is 1. The van der Waals surface area contributed by atoms with Gasteiger partial charge in [0.1, 0.15) is 0 Å². The highest BCUT2D eigenvalue weighted by Crippen LogP contribution is 2.48. The normalized spacial score (nSPS) is 29.6. The summed E-state index contributed by atoms with van der Waals surface area (Å²) in [6.45, 7) is 0. The van der Waals surface area contributed by atoms with Crippen LogP contribution in [0.5, 0.6) is 0 Å². The largest absolute Gasteiger partial charge is 0.445 e. The fraction of sp³-hybridized carbons (Fsp3) is 0.357. The van der Waals surface area contributed by atoms with Crippen LogP contribution in [0.1, 0.15) is 12.0 Å². The van der Waals surface area contributed by atoms with Gasteiger partial charge in [-0.3, -0.25) is 5.32 Å². The van der Waals surface area contributed by atoms with Crippen LogP contribution in [-0.4, -0.2) is 23.5 Å². The van der Waals surface area contributed by atoms with E-state index in [2.05, 4.69) is 16.0 Å². The highest BCUT2D eigenvalue weighted by molar-refractivity contribution is 6.30. The predicted octanol–water partition coefficient (Wildman–Crippen LogP) is 3.04. The molecule has 1 aromatic rings. The first-order chi connectivity index (χ1) is 10.2. The van der Waals surface area contributed by atoms with E-state index in [9.17, 15) is 23.1 Å². The topological polar surface area (TPSA) is 58.6 Å². The van der Waals surface area contributed by atoms with Crippen LogP contribution in [-0.2, 0) is 10.3 Å². The van der Waals surface area contributed by atoms with E-state index < -0.39 is 29.9 Å². The second-order valence-corrected chi connectivity index (χ2v) is 5.50. The maximum absolute atomic E-state index is 13.6. The van der Waals surface area contributed by atoms with Gasteiger partial charge in [0.2, 0.25) is 0 Å². The van der Waals surface area contributed by atoms with Crippen LogP contribution in [0.4, 0.5) is 23.7 Å². The van der Waals surface area contributed by atoms with Gasteiger partial charge in [0.15, 0.2) is 0 Å². The van der Waals surface area contributed by atoms with Crippen molar-refractivity contribution in [2.75, 3.05) is 5.32 Å². The Hall–Kier alpha value is -1.91. The molecule has 1 aromatic carbocycles. The smallest absolute Gasteiger partial charge is 0.415 e. The van der Waals surface area contributed by atoms with Crippen LogP contribution in [0.25, 0.3) is 0 Å². The predicted molar refractivity (Wildman–Crippen MR) is 71.2 cm³/mol. The number of aliphatic hydroxyl groups excluding tert-OH is 1. The van der Waals surface area contributed by atoms with Gasteiger partial charge in [0, 0.05) is 16.5 Å². The SMILES string of the molecule is O=C1Nc2ccc(Cl)cc2[C@@](C#CC2CC2O)(C(F)(F)F)O1. The van der Waals surface area contributed by atoms with Crippen LogP contribution in [0.3, 0.4) is 0 Å². The molecule has 1 heterocycles. The molecule has 22 heavy (non-hydrogen) atoms. The molecular weight excluding hydrogens is 323 g/mol. The number of anilines is 1. The Morgan fingerprint density at radius 2 is 2.14 bits per heavy atom. The first-order valence-corrected chi connectivity index (χ1v) is 6.68. The second-order valence-electron chi connectivity index (χ2n) is 5.06. The van der Waals surface area contributed by atoms with Crippen LogP contribution < -0.4 is 5.32 Å². The molecule has 116 valence electrons. The maximum atomic E-state index is 13.6. The van der Waals surface area contributed by atoms with Crippen molar-refractivity contribution in [1.29, 1.82) is 0 Å². The molecule has 0 saturated heterocycles. The summed E-state index contributed by atoms with van der Waals surface area (Å²) in [5, 5.41) is 11.5. The van der Waals surface area contributed by atoms with E-state index in [-0.39, 0.29) is 16.3 Å². The van der Waals surface area contributed by atoms with Crippen LogP contribution in [0.15, 0.2) is 18.2 Å². The highest BCUT2D eigenvalue weighted by Gasteiger charge is 2.62. The van der Waals surface area contributed by atoms with Gasteiger partial charge in [-0.2, -0.15) is 13.2 Å². The highest BCUT2D eigenvalue weighted by atomic mass is 35.5. The number of amides is 1. The number of halogens is 4. The zero-order chi connectivity index (χ0) is 16.1. The van der Waals surface area contributed by atoms with Crippen LogP contribution >= 0.6 is 11.6 Å². The summed E-state index contributed by atoms with van der Waals surface area (Å²) in [6.07, 6.45) is -6.65. The minimum Gasteiger partial charge on any atom is -0.415 e.